The third kappa shape index (κ3) is 3.68. The van der Waals surface area contributed by atoms with Crippen molar-refractivity contribution >= 4 is 5.91 Å². The molecule has 1 saturated heterocycles. The van der Waals surface area contributed by atoms with Crippen molar-refractivity contribution in [1.29, 1.82) is 0 Å². The van der Waals surface area contributed by atoms with Crippen molar-refractivity contribution < 1.29 is 14.6 Å². The predicted octanol–water partition coefficient (Wildman–Crippen LogP) is 0.628. The Morgan fingerprint density at radius 3 is 3.15 bits per heavy atom. The summed E-state index contributed by atoms with van der Waals surface area (Å²) >= 11 is 0. The molecule has 110 valence electrons. The highest BCUT2D eigenvalue weighted by Crippen LogP contribution is 2.17. The number of ether oxygens (including phenoxy) is 1. The van der Waals surface area contributed by atoms with Crippen LogP contribution in [0.4, 0.5) is 0 Å². The maximum atomic E-state index is 12.5. The van der Waals surface area contributed by atoms with Gasteiger partial charge in [-0.05, 0) is 25.5 Å². The molecule has 0 saturated carbocycles. The summed E-state index contributed by atoms with van der Waals surface area (Å²) in [6.45, 7) is 2.61. The highest BCUT2D eigenvalue weighted by atomic mass is 16.5. The van der Waals surface area contributed by atoms with Gasteiger partial charge in [0, 0.05) is 32.4 Å². The van der Waals surface area contributed by atoms with Crippen molar-refractivity contribution in [1.82, 2.24) is 15.2 Å². The number of hydrogen-bond acceptors (Lipinski definition) is 5. The number of carbonyl (C=O) groups is 1. The molecule has 2 heterocycles. The maximum absolute atomic E-state index is 12.5. The molecule has 1 atom stereocenters. The number of amides is 1. The highest BCUT2D eigenvalue weighted by molar-refractivity contribution is 5.96. The molecule has 0 aromatic carbocycles. The molecule has 1 fully saturated rings. The quantitative estimate of drug-likeness (QED) is 0.799. The number of methoxy groups -OCH3 is 1. The van der Waals surface area contributed by atoms with E-state index in [2.05, 4.69) is 10.3 Å². The van der Waals surface area contributed by atoms with Crippen molar-refractivity contribution in [2.24, 2.45) is 0 Å². The molecule has 1 unspecified atom stereocenters. The van der Waals surface area contributed by atoms with Crippen LogP contribution in [0.25, 0.3) is 0 Å². The summed E-state index contributed by atoms with van der Waals surface area (Å²) in [5, 5.41) is 13.1. The monoisotopic (exact) mass is 279 g/mol. The third-order valence-corrected chi connectivity index (χ3v) is 3.49. The number of nitrogens with zero attached hydrogens (tertiary/aromatic N) is 2. The molecule has 1 aliphatic heterocycles. The minimum absolute atomic E-state index is 0.0840. The third-order valence-electron chi connectivity index (χ3n) is 3.49. The number of aromatic nitrogens is 1. The molecule has 1 amide bonds. The lowest BCUT2D eigenvalue weighted by Crippen LogP contribution is -2.42. The zero-order valence-electron chi connectivity index (χ0n) is 11.7. The van der Waals surface area contributed by atoms with Gasteiger partial charge in [0.05, 0.1) is 18.4 Å². The minimum atomic E-state index is -0.185. The molecule has 0 spiro atoms. The fraction of sp³-hybridized carbons (Fsp3) is 0.571. The van der Waals surface area contributed by atoms with Gasteiger partial charge in [0.25, 0.3) is 5.91 Å². The fourth-order valence-electron chi connectivity index (χ4n) is 2.39. The van der Waals surface area contributed by atoms with Gasteiger partial charge in [-0.25, -0.2) is 0 Å². The van der Waals surface area contributed by atoms with Crippen LogP contribution >= 0.6 is 0 Å². The van der Waals surface area contributed by atoms with Crippen LogP contribution in [0.5, 0.6) is 5.75 Å². The summed E-state index contributed by atoms with van der Waals surface area (Å²) in [6.07, 6.45) is 5.00. The number of nitrogens with one attached hydrogen (secondary N) is 1. The molecule has 1 aromatic rings. The van der Waals surface area contributed by atoms with Crippen LogP contribution in [0.3, 0.4) is 0 Å². The molecule has 20 heavy (non-hydrogen) atoms. The molecule has 2 N–H and O–H groups in total. The van der Waals surface area contributed by atoms with Crippen molar-refractivity contribution in [3.05, 3.63) is 24.0 Å². The van der Waals surface area contributed by atoms with E-state index in [1.807, 2.05) is 0 Å². The van der Waals surface area contributed by atoms with Gasteiger partial charge in [-0.15, -0.1) is 0 Å². The van der Waals surface area contributed by atoms with Gasteiger partial charge < -0.3 is 20.1 Å². The number of hydrogen-bond donors (Lipinski definition) is 2. The normalized spacial score (nSPS) is 18.1. The average molecular weight is 279 g/mol. The Bertz CT molecular complexity index is 447. The Labute approximate surface area is 118 Å². The number of carbonyl (C=O) groups excluding carboxylic acids is 1. The van der Waals surface area contributed by atoms with Crippen LogP contribution < -0.4 is 5.32 Å². The van der Waals surface area contributed by atoms with Crippen LogP contribution in [0.15, 0.2) is 18.5 Å². The largest absolute Gasteiger partial charge is 0.505 e. The van der Waals surface area contributed by atoms with E-state index in [1.165, 1.54) is 12.4 Å². The summed E-state index contributed by atoms with van der Waals surface area (Å²) in [5.41, 5.74) is 0.286. The minimum Gasteiger partial charge on any atom is -0.505 e. The van der Waals surface area contributed by atoms with Gasteiger partial charge in [-0.3, -0.25) is 9.78 Å². The van der Waals surface area contributed by atoms with Crippen LogP contribution in [-0.2, 0) is 4.74 Å². The number of rotatable bonds is 6. The Balaban J connectivity index is 2.08. The molecule has 0 bridgehead atoms. The number of pyridine rings is 1. The maximum Gasteiger partial charge on any atom is 0.257 e. The highest BCUT2D eigenvalue weighted by Gasteiger charge is 2.23. The summed E-state index contributed by atoms with van der Waals surface area (Å²) in [6, 6.07) is 1.86. The van der Waals surface area contributed by atoms with Crippen molar-refractivity contribution in [3.63, 3.8) is 0 Å². The Hall–Kier alpha value is -1.66. The van der Waals surface area contributed by atoms with Gasteiger partial charge in [0.2, 0.25) is 0 Å². The van der Waals surface area contributed by atoms with E-state index in [0.717, 1.165) is 19.4 Å². The lowest BCUT2D eigenvalue weighted by molar-refractivity contribution is 0.0676. The fourth-order valence-corrected chi connectivity index (χ4v) is 2.39. The second-order valence-corrected chi connectivity index (χ2v) is 4.93. The molecule has 0 aliphatic carbocycles. The van der Waals surface area contributed by atoms with Gasteiger partial charge in [-0.1, -0.05) is 0 Å². The van der Waals surface area contributed by atoms with E-state index in [0.29, 0.717) is 25.7 Å². The van der Waals surface area contributed by atoms with Crippen LogP contribution in [-0.4, -0.2) is 60.3 Å². The SMILES string of the molecule is COCCN(CC1CCCN1)C(=O)c1ccncc1O. The molecular weight excluding hydrogens is 258 g/mol. The summed E-state index contributed by atoms with van der Waals surface area (Å²) in [5.74, 6) is -0.269. The lowest BCUT2D eigenvalue weighted by atomic mass is 10.1. The first-order valence-electron chi connectivity index (χ1n) is 6.87. The van der Waals surface area contributed by atoms with Crippen LogP contribution in [0.1, 0.15) is 23.2 Å². The molecule has 6 heteroatoms. The predicted molar refractivity (Wildman–Crippen MR) is 74.7 cm³/mol. The molecule has 6 nitrogen and oxygen atoms in total. The average Bonchev–Trinajstić information content (AvgIpc) is 2.96. The Morgan fingerprint density at radius 2 is 2.50 bits per heavy atom. The second-order valence-electron chi connectivity index (χ2n) is 4.93. The van der Waals surface area contributed by atoms with E-state index < -0.39 is 0 Å². The standard InChI is InChI=1S/C14H21N3O3/c1-20-8-7-17(10-11-3-2-5-16-11)14(19)12-4-6-15-9-13(12)18/h4,6,9,11,16,18H,2-3,5,7-8,10H2,1H3. The molecule has 2 rings (SSSR count). The second kappa shape index (κ2) is 7.21. The summed E-state index contributed by atoms with van der Waals surface area (Å²) in [7, 11) is 1.61. The smallest absolute Gasteiger partial charge is 0.257 e. The van der Waals surface area contributed by atoms with Crippen molar-refractivity contribution in [2.45, 2.75) is 18.9 Å². The molecule has 0 radical (unpaired) electrons. The first-order valence-corrected chi connectivity index (χ1v) is 6.87. The molecule has 1 aromatic heterocycles. The Morgan fingerprint density at radius 1 is 1.65 bits per heavy atom. The van der Waals surface area contributed by atoms with E-state index >= 15 is 0 Å². The van der Waals surface area contributed by atoms with Crippen LogP contribution in [0, 0.1) is 0 Å². The lowest BCUT2D eigenvalue weighted by Gasteiger charge is -2.26. The van der Waals surface area contributed by atoms with Gasteiger partial charge >= 0.3 is 0 Å². The van der Waals surface area contributed by atoms with Gasteiger partial charge in [0.1, 0.15) is 5.75 Å². The summed E-state index contributed by atoms with van der Waals surface area (Å²) < 4.78 is 5.06. The Kier molecular flexibility index (Phi) is 5.31. The van der Waals surface area contributed by atoms with E-state index in [9.17, 15) is 9.90 Å². The zero-order valence-corrected chi connectivity index (χ0v) is 11.7. The summed E-state index contributed by atoms with van der Waals surface area (Å²) in [4.78, 5) is 18.0. The van der Waals surface area contributed by atoms with Crippen molar-refractivity contribution in [2.75, 3.05) is 33.4 Å². The van der Waals surface area contributed by atoms with E-state index in [-0.39, 0.29) is 17.2 Å². The van der Waals surface area contributed by atoms with Gasteiger partial charge in [0.15, 0.2) is 0 Å². The molecular formula is C14H21N3O3. The van der Waals surface area contributed by atoms with E-state index in [4.69, 9.17) is 4.74 Å². The first kappa shape index (κ1) is 14.7. The topological polar surface area (TPSA) is 74.7 Å². The van der Waals surface area contributed by atoms with Crippen molar-refractivity contribution in [3.8, 4) is 5.75 Å². The zero-order chi connectivity index (χ0) is 14.4. The van der Waals surface area contributed by atoms with Crippen LogP contribution in [0.2, 0.25) is 0 Å². The van der Waals surface area contributed by atoms with E-state index in [1.54, 1.807) is 18.1 Å². The first-order chi connectivity index (χ1) is 9.72. The number of aromatic hydroxyl groups is 1. The van der Waals surface area contributed by atoms with Gasteiger partial charge in [-0.2, -0.15) is 0 Å². The molecule has 1 aliphatic rings.